The van der Waals surface area contributed by atoms with Crippen molar-refractivity contribution in [3.05, 3.63) is 35.9 Å². The van der Waals surface area contributed by atoms with Gasteiger partial charge in [-0.1, -0.05) is 30.3 Å². The number of amides is 2. The molecule has 2 heterocycles. The molecule has 0 bridgehead atoms. The summed E-state index contributed by atoms with van der Waals surface area (Å²) in [7, 11) is 1.85. The number of nitrogens with zero attached hydrogens (tertiary/aromatic N) is 2. The highest BCUT2D eigenvalue weighted by Gasteiger charge is 2.32. The Labute approximate surface area is 161 Å². The molecule has 2 amide bonds. The van der Waals surface area contributed by atoms with Gasteiger partial charge < -0.3 is 15.0 Å². The third-order valence-electron chi connectivity index (χ3n) is 5.64. The molecule has 0 saturated carbocycles. The monoisotopic (exact) mass is 373 g/mol. The molecule has 0 aromatic heterocycles. The Kier molecular flexibility index (Phi) is 7.24. The summed E-state index contributed by atoms with van der Waals surface area (Å²) in [6, 6.07) is 9.91. The maximum absolute atomic E-state index is 12.7. The van der Waals surface area contributed by atoms with Gasteiger partial charge >= 0.3 is 0 Å². The number of carbonyl (C=O) groups is 2. The average Bonchev–Trinajstić information content (AvgIpc) is 2.70. The zero-order valence-electron chi connectivity index (χ0n) is 16.2. The summed E-state index contributed by atoms with van der Waals surface area (Å²) < 4.78 is 5.39. The molecule has 0 aliphatic carbocycles. The van der Waals surface area contributed by atoms with E-state index in [0.717, 1.165) is 52.1 Å². The van der Waals surface area contributed by atoms with Crippen molar-refractivity contribution in [3.63, 3.8) is 0 Å². The van der Waals surface area contributed by atoms with Crippen molar-refractivity contribution in [2.75, 3.05) is 46.4 Å². The van der Waals surface area contributed by atoms with Gasteiger partial charge in [0.1, 0.15) is 0 Å². The smallest absolute Gasteiger partial charge is 0.237 e. The lowest BCUT2D eigenvalue weighted by atomic mass is 9.99. The van der Waals surface area contributed by atoms with Crippen LogP contribution in [-0.4, -0.2) is 74.1 Å². The van der Waals surface area contributed by atoms with Crippen molar-refractivity contribution >= 4 is 11.8 Å². The lowest BCUT2D eigenvalue weighted by molar-refractivity contribution is -0.138. The molecule has 2 fully saturated rings. The maximum Gasteiger partial charge on any atom is 0.237 e. The van der Waals surface area contributed by atoms with Gasteiger partial charge in [0.25, 0.3) is 0 Å². The average molecular weight is 373 g/mol. The number of nitrogens with one attached hydrogen (secondary N) is 1. The molecule has 148 valence electrons. The van der Waals surface area contributed by atoms with Gasteiger partial charge in [-0.25, -0.2) is 0 Å². The Morgan fingerprint density at radius 1 is 1.26 bits per heavy atom. The lowest BCUT2D eigenvalue weighted by Crippen LogP contribution is -2.57. The van der Waals surface area contributed by atoms with E-state index in [1.807, 2.05) is 25.2 Å². The predicted molar refractivity (Wildman–Crippen MR) is 104 cm³/mol. The van der Waals surface area contributed by atoms with Crippen LogP contribution in [0.4, 0.5) is 0 Å². The van der Waals surface area contributed by atoms with E-state index in [0.29, 0.717) is 12.5 Å². The van der Waals surface area contributed by atoms with Crippen molar-refractivity contribution in [2.24, 2.45) is 5.92 Å². The molecule has 6 heteroatoms. The molecule has 1 N–H and O–H groups in total. The summed E-state index contributed by atoms with van der Waals surface area (Å²) in [4.78, 5) is 29.1. The number of hydrogen-bond donors (Lipinski definition) is 1. The maximum atomic E-state index is 12.7. The molecule has 2 saturated heterocycles. The van der Waals surface area contributed by atoms with Gasteiger partial charge in [-0.3, -0.25) is 14.5 Å². The van der Waals surface area contributed by atoms with Crippen LogP contribution >= 0.6 is 0 Å². The Balaban J connectivity index is 1.54. The Morgan fingerprint density at radius 2 is 2.00 bits per heavy atom. The summed E-state index contributed by atoms with van der Waals surface area (Å²) >= 11 is 0. The van der Waals surface area contributed by atoms with Gasteiger partial charge in [-0.2, -0.15) is 0 Å². The first kappa shape index (κ1) is 19.8. The van der Waals surface area contributed by atoms with Gasteiger partial charge in [0.2, 0.25) is 11.8 Å². The summed E-state index contributed by atoms with van der Waals surface area (Å²) in [5, 5.41) is 2.92. The second-order valence-electron chi connectivity index (χ2n) is 7.61. The van der Waals surface area contributed by atoms with E-state index in [2.05, 4.69) is 22.3 Å². The second-order valence-corrected chi connectivity index (χ2v) is 7.61. The van der Waals surface area contributed by atoms with Crippen LogP contribution in [-0.2, 0) is 20.7 Å². The van der Waals surface area contributed by atoms with Crippen LogP contribution < -0.4 is 5.32 Å². The van der Waals surface area contributed by atoms with Gasteiger partial charge in [0.05, 0.1) is 12.5 Å². The van der Waals surface area contributed by atoms with E-state index in [-0.39, 0.29) is 24.3 Å². The molecule has 0 radical (unpaired) electrons. The van der Waals surface area contributed by atoms with E-state index < -0.39 is 0 Å². The minimum atomic E-state index is -0.368. The number of rotatable bonds is 7. The topological polar surface area (TPSA) is 61.9 Å². The molecule has 27 heavy (non-hydrogen) atoms. The minimum absolute atomic E-state index is 0.0258. The highest BCUT2D eigenvalue weighted by Crippen LogP contribution is 2.17. The first-order valence-electron chi connectivity index (χ1n) is 10.0. The molecule has 1 aromatic rings. The van der Waals surface area contributed by atoms with Crippen LogP contribution in [0.1, 0.15) is 24.8 Å². The number of hydrogen-bond acceptors (Lipinski definition) is 4. The summed E-state index contributed by atoms with van der Waals surface area (Å²) in [6.07, 6.45) is 3.15. The molecule has 1 aromatic carbocycles. The highest BCUT2D eigenvalue weighted by atomic mass is 16.5. The summed E-state index contributed by atoms with van der Waals surface area (Å²) in [6.45, 7) is 4.55. The predicted octanol–water partition coefficient (Wildman–Crippen LogP) is 1.30. The zero-order chi connectivity index (χ0) is 19.1. The molecule has 0 unspecified atom stereocenters. The standard InChI is InChI=1S/C21H31N3O3/c1-23(16-18-8-13-27-14-9-18)20(25)15-19-21(26)22-10-12-24(19)11-7-17-5-3-2-4-6-17/h2-6,18-19H,7-16H2,1H3,(H,22,26)/t19-/m1/s1. The quantitative estimate of drug-likeness (QED) is 0.783. The van der Waals surface area contributed by atoms with Crippen LogP contribution in [0.2, 0.25) is 0 Å². The first-order valence-corrected chi connectivity index (χ1v) is 10.0. The summed E-state index contributed by atoms with van der Waals surface area (Å²) in [5.41, 5.74) is 1.25. The Bertz CT molecular complexity index is 616. The molecule has 2 aliphatic heterocycles. The minimum Gasteiger partial charge on any atom is -0.381 e. The van der Waals surface area contributed by atoms with Crippen molar-refractivity contribution < 1.29 is 14.3 Å². The van der Waals surface area contributed by atoms with Gasteiger partial charge in [-0.15, -0.1) is 0 Å². The van der Waals surface area contributed by atoms with Crippen molar-refractivity contribution in [1.29, 1.82) is 0 Å². The SMILES string of the molecule is CN(CC1CCOCC1)C(=O)C[C@@H]1C(=O)NCCN1CCc1ccccc1. The third-order valence-corrected chi connectivity index (χ3v) is 5.64. The van der Waals surface area contributed by atoms with E-state index >= 15 is 0 Å². The molecular weight excluding hydrogens is 342 g/mol. The zero-order valence-corrected chi connectivity index (χ0v) is 16.2. The highest BCUT2D eigenvalue weighted by molar-refractivity contribution is 5.88. The van der Waals surface area contributed by atoms with Crippen LogP contribution in [0.15, 0.2) is 30.3 Å². The van der Waals surface area contributed by atoms with Gasteiger partial charge in [0.15, 0.2) is 0 Å². The van der Waals surface area contributed by atoms with Crippen molar-refractivity contribution in [1.82, 2.24) is 15.1 Å². The van der Waals surface area contributed by atoms with Gasteiger partial charge in [-0.05, 0) is 30.7 Å². The molecular formula is C21H31N3O3. The van der Waals surface area contributed by atoms with Crippen LogP contribution in [0, 0.1) is 5.92 Å². The van der Waals surface area contributed by atoms with Crippen molar-refractivity contribution in [3.8, 4) is 0 Å². The third kappa shape index (κ3) is 5.78. The first-order chi connectivity index (χ1) is 13.1. The van der Waals surface area contributed by atoms with Gasteiger partial charge in [0, 0.05) is 46.4 Å². The normalized spacial score (nSPS) is 21.7. The molecule has 0 spiro atoms. The number of carbonyl (C=O) groups excluding carboxylic acids is 2. The number of ether oxygens (including phenoxy) is 1. The van der Waals surface area contributed by atoms with E-state index in [9.17, 15) is 9.59 Å². The van der Waals surface area contributed by atoms with Crippen LogP contribution in [0.5, 0.6) is 0 Å². The molecule has 3 rings (SSSR count). The van der Waals surface area contributed by atoms with E-state index in [1.54, 1.807) is 4.90 Å². The Morgan fingerprint density at radius 3 is 2.74 bits per heavy atom. The summed E-state index contributed by atoms with van der Waals surface area (Å²) in [5.74, 6) is 0.525. The van der Waals surface area contributed by atoms with Crippen LogP contribution in [0.3, 0.4) is 0 Å². The number of piperazine rings is 1. The molecule has 2 aliphatic rings. The van der Waals surface area contributed by atoms with E-state index in [1.165, 1.54) is 5.56 Å². The fraction of sp³-hybridized carbons (Fsp3) is 0.619. The largest absolute Gasteiger partial charge is 0.381 e. The number of benzene rings is 1. The second kappa shape index (κ2) is 9.85. The fourth-order valence-corrected chi connectivity index (χ4v) is 3.91. The fourth-order valence-electron chi connectivity index (χ4n) is 3.91. The van der Waals surface area contributed by atoms with Crippen LogP contribution in [0.25, 0.3) is 0 Å². The lowest BCUT2D eigenvalue weighted by Gasteiger charge is -2.36. The Hall–Kier alpha value is -1.92. The van der Waals surface area contributed by atoms with E-state index in [4.69, 9.17) is 4.74 Å². The van der Waals surface area contributed by atoms with Crippen molar-refractivity contribution in [2.45, 2.75) is 31.7 Å². The molecule has 6 nitrogen and oxygen atoms in total. The molecule has 1 atom stereocenters.